The van der Waals surface area contributed by atoms with Crippen LogP contribution in [0.1, 0.15) is 0 Å². The van der Waals surface area contributed by atoms with Gasteiger partial charge in [-0.25, -0.2) is 0 Å². The molecule has 0 unspecified atom stereocenters. The van der Waals surface area contributed by atoms with E-state index in [2.05, 4.69) is 10.3 Å². The number of rotatable bonds is 5. The molecule has 0 fully saturated rings. The first-order chi connectivity index (χ1) is 12.1. The summed E-state index contributed by atoms with van der Waals surface area (Å²) < 4.78 is 10.7. The minimum Gasteiger partial charge on any atom is -0.495 e. The molecule has 1 N–H and O–H groups in total. The number of methoxy groups -OCH3 is 1. The molecule has 0 aliphatic heterocycles. The van der Waals surface area contributed by atoms with Gasteiger partial charge >= 0.3 is 0 Å². The Bertz CT molecular complexity index is 931. The summed E-state index contributed by atoms with van der Waals surface area (Å²) in [6.07, 6.45) is 1.64. The predicted molar refractivity (Wildman–Crippen MR) is 98.9 cm³/mol. The molecule has 0 bridgehead atoms. The minimum atomic E-state index is -0.319. The highest BCUT2D eigenvalue weighted by Crippen LogP contribution is 2.30. The molecule has 1 heterocycles. The van der Waals surface area contributed by atoms with Crippen LogP contribution in [-0.2, 0) is 4.79 Å². The zero-order chi connectivity index (χ0) is 17.8. The van der Waals surface area contributed by atoms with E-state index in [0.29, 0.717) is 32.7 Å². The number of fused-ring (bicyclic) bond motifs is 1. The second kappa shape index (κ2) is 7.59. The molecule has 7 heteroatoms. The summed E-state index contributed by atoms with van der Waals surface area (Å²) in [7, 11) is 1.53. The Morgan fingerprint density at radius 3 is 2.68 bits per heavy atom. The van der Waals surface area contributed by atoms with E-state index >= 15 is 0 Å². The highest BCUT2D eigenvalue weighted by atomic mass is 35.5. The highest BCUT2D eigenvalue weighted by Gasteiger charge is 2.10. The fourth-order valence-electron chi connectivity index (χ4n) is 2.31. The van der Waals surface area contributed by atoms with E-state index in [-0.39, 0.29) is 12.5 Å². The third-order valence-electron chi connectivity index (χ3n) is 3.47. The summed E-state index contributed by atoms with van der Waals surface area (Å²) in [5.74, 6) is 0.706. The van der Waals surface area contributed by atoms with E-state index in [1.807, 2.05) is 6.07 Å². The lowest BCUT2D eigenvalue weighted by Gasteiger charge is -2.11. The van der Waals surface area contributed by atoms with Gasteiger partial charge in [-0.05, 0) is 42.5 Å². The molecule has 2 aromatic carbocycles. The van der Waals surface area contributed by atoms with Crippen molar-refractivity contribution >= 4 is 45.7 Å². The lowest BCUT2D eigenvalue weighted by Crippen LogP contribution is -2.20. The van der Waals surface area contributed by atoms with E-state index < -0.39 is 0 Å². The first kappa shape index (κ1) is 17.3. The van der Waals surface area contributed by atoms with Gasteiger partial charge < -0.3 is 14.8 Å². The summed E-state index contributed by atoms with van der Waals surface area (Å²) in [6, 6.07) is 12.0. The van der Waals surface area contributed by atoms with Crippen LogP contribution in [0.3, 0.4) is 0 Å². The van der Waals surface area contributed by atoms with Gasteiger partial charge in [0.1, 0.15) is 17.0 Å². The van der Waals surface area contributed by atoms with Crippen molar-refractivity contribution in [1.82, 2.24) is 4.98 Å². The van der Waals surface area contributed by atoms with Crippen LogP contribution in [0.4, 0.5) is 5.69 Å². The molecule has 3 aromatic rings. The van der Waals surface area contributed by atoms with Crippen molar-refractivity contribution in [2.45, 2.75) is 0 Å². The first-order valence-corrected chi connectivity index (χ1v) is 8.13. The molecule has 1 amide bonds. The minimum absolute atomic E-state index is 0.170. The van der Waals surface area contributed by atoms with Gasteiger partial charge in [-0.3, -0.25) is 9.78 Å². The molecule has 1 aromatic heterocycles. The van der Waals surface area contributed by atoms with Gasteiger partial charge in [-0.1, -0.05) is 23.2 Å². The predicted octanol–water partition coefficient (Wildman–Crippen LogP) is 4.57. The number of halogens is 2. The largest absolute Gasteiger partial charge is 0.495 e. The SMILES string of the molecule is COc1ccc(NC(=O)COc2ccc(Cl)c3cccnc23)cc1Cl. The Labute approximate surface area is 154 Å². The lowest BCUT2D eigenvalue weighted by molar-refractivity contribution is -0.118. The quantitative estimate of drug-likeness (QED) is 0.708. The van der Waals surface area contributed by atoms with Crippen LogP contribution in [0, 0.1) is 0 Å². The Balaban J connectivity index is 1.69. The average Bonchev–Trinajstić information content (AvgIpc) is 2.61. The monoisotopic (exact) mass is 376 g/mol. The van der Waals surface area contributed by atoms with E-state index in [1.165, 1.54) is 7.11 Å². The fraction of sp³-hybridized carbons (Fsp3) is 0.111. The smallest absolute Gasteiger partial charge is 0.262 e. The summed E-state index contributed by atoms with van der Waals surface area (Å²) in [4.78, 5) is 16.4. The van der Waals surface area contributed by atoms with Crippen LogP contribution in [0.5, 0.6) is 11.5 Å². The standard InChI is InChI=1S/C18H14Cl2N2O3/c1-24-15-6-4-11(9-14(15)20)22-17(23)10-25-16-7-5-13(19)12-3-2-8-21-18(12)16/h2-9H,10H2,1H3,(H,22,23). The van der Waals surface area contributed by atoms with E-state index in [1.54, 1.807) is 42.6 Å². The fourth-order valence-corrected chi connectivity index (χ4v) is 2.79. The van der Waals surface area contributed by atoms with E-state index in [9.17, 15) is 4.79 Å². The third-order valence-corrected chi connectivity index (χ3v) is 4.10. The number of amides is 1. The molecular weight excluding hydrogens is 363 g/mol. The maximum atomic E-state index is 12.1. The molecule has 0 saturated carbocycles. The summed E-state index contributed by atoms with van der Waals surface area (Å²) in [6.45, 7) is -0.170. The number of nitrogens with one attached hydrogen (secondary N) is 1. The molecule has 0 saturated heterocycles. The molecule has 3 rings (SSSR count). The second-order valence-corrected chi connectivity index (χ2v) is 5.95. The molecule has 0 radical (unpaired) electrons. The Morgan fingerprint density at radius 2 is 1.92 bits per heavy atom. The van der Waals surface area contributed by atoms with Crippen molar-refractivity contribution in [2.75, 3.05) is 19.0 Å². The number of aromatic nitrogens is 1. The Morgan fingerprint density at radius 1 is 1.12 bits per heavy atom. The average molecular weight is 377 g/mol. The Kier molecular flexibility index (Phi) is 5.26. The number of carbonyl (C=O) groups is 1. The van der Waals surface area contributed by atoms with Gasteiger partial charge in [0.15, 0.2) is 6.61 Å². The first-order valence-electron chi connectivity index (χ1n) is 7.38. The number of hydrogen-bond donors (Lipinski definition) is 1. The van der Waals surface area contributed by atoms with Crippen molar-refractivity contribution < 1.29 is 14.3 Å². The van der Waals surface area contributed by atoms with Crippen LogP contribution in [0.25, 0.3) is 10.9 Å². The lowest BCUT2D eigenvalue weighted by atomic mass is 10.2. The van der Waals surface area contributed by atoms with E-state index in [4.69, 9.17) is 32.7 Å². The molecule has 0 spiro atoms. The van der Waals surface area contributed by atoms with Crippen molar-refractivity contribution in [3.8, 4) is 11.5 Å². The van der Waals surface area contributed by atoms with Gasteiger partial charge in [0.05, 0.1) is 17.2 Å². The van der Waals surface area contributed by atoms with Crippen molar-refractivity contribution in [2.24, 2.45) is 0 Å². The molecule has 25 heavy (non-hydrogen) atoms. The summed E-state index contributed by atoms with van der Waals surface area (Å²) >= 11 is 12.2. The van der Waals surface area contributed by atoms with E-state index in [0.717, 1.165) is 5.39 Å². The van der Waals surface area contributed by atoms with Crippen molar-refractivity contribution in [3.63, 3.8) is 0 Å². The maximum absolute atomic E-state index is 12.1. The van der Waals surface area contributed by atoms with Gasteiger partial charge in [0, 0.05) is 17.3 Å². The molecule has 5 nitrogen and oxygen atoms in total. The summed E-state index contributed by atoms with van der Waals surface area (Å²) in [5, 5.41) is 4.47. The van der Waals surface area contributed by atoms with Crippen LogP contribution in [0.15, 0.2) is 48.7 Å². The van der Waals surface area contributed by atoms with Crippen LogP contribution >= 0.6 is 23.2 Å². The maximum Gasteiger partial charge on any atom is 0.262 e. The highest BCUT2D eigenvalue weighted by molar-refractivity contribution is 6.35. The number of nitrogens with zero attached hydrogens (tertiary/aromatic N) is 1. The van der Waals surface area contributed by atoms with Gasteiger partial charge in [-0.15, -0.1) is 0 Å². The number of carbonyl (C=O) groups excluding carboxylic acids is 1. The van der Waals surface area contributed by atoms with Crippen LogP contribution < -0.4 is 14.8 Å². The zero-order valence-corrected chi connectivity index (χ0v) is 14.8. The normalized spacial score (nSPS) is 10.5. The Hall–Kier alpha value is -2.50. The molecule has 0 atom stereocenters. The number of anilines is 1. The molecular formula is C18H14Cl2N2O3. The summed E-state index contributed by atoms with van der Waals surface area (Å²) in [5.41, 5.74) is 1.16. The topological polar surface area (TPSA) is 60.5 Å². The third kappa shape index (κ3) is 3.95. The molecule has 128 valence electrons. The number of benzene rings is 2. The van der Waals surface area contributed by atoms with Crippen molar-refractivity contribution in [3.05, 3.63) is 58.7 Å². The molecule has 0 aliphatic carbocycles. The van der Waals surface area contributed by atoms with Crippen molar-refractivity contribution in [1.29, 1.82) is 0 Å². The van der Waals surface area contributed by atoms with Crippen LogP contribution in [0.2, 0.25) is 10.0 Å². The van der Waals surface area contributed by atoms with Crippen LogP contribution in [-0.4, -0.2) is 24.6 Å². The van der Waals surface area contributed by atoms with Gasteiger partial charge in [0.25, 0.3) is 5.91 Å². The van der Waals surface area contributed by atoms with Gasteiger partial charge in [0.2, 0.25) is 0 Å². The number of pyridine rings is 1. The number of ether oxygens (including phenoxy) is 2. The second-order valence-electron chi connectivity index (χ2n) is 5.13. The zero-order valence-electron chi connectivity index (χ0n) is 13.3. The van der Waals surface area contributed by atoms with Gasteiger partial charge in [-0.2, -0.15) is 0 Å². The number of hydrogen-bond acceptors (Lipinski definition) is 4. The molecule has 0 aliphatic rings.